The van der Waals surface area contributed by atoms with Crippen molar-refractivity contribution in [2.75, 3.05) is 6.54 Å². The van der Waals surface area contributed by atoms with Gasteiger partial charge >= 0.3 is 0 Å². The van der Waals surface area contributed by atoms with Crippen molar-refractivity contribution in [3.63, 3.8) is 0 Å². The van der Waals surface area contributed by atoms with Crippen LogP contribution in [0.15, 0.2) is 65.1 Å². The molecule has 2 rings (SSSR count). The molecule has 0 saturated carbocycles. The van der Waals surface area contributed by atoms with Gasteiger partial charge < -0.3 is 0 Å². The fourth-order valence-electron chi connectivity index (χ4n) is 2.29. The number of nitrogens with zero attached hydrogens (tertiary/aromatic N) is 1. The highest BCUT2D eigenvalue weighted by atomic mass is 32.2. The maximum absolute atomic E-state index is 11.2. The minimum Gasteiger partial charge on any atom is -0.282 e. The van der Waals surface area contributed by atoms with E-state index in [1.807, 2.05) is 32.1 Å². The second-order valence-electron chi connectivity index (χ2n) is 5.25. The Balaban J connectivity index is 2.36. The Hall–Kier alpha value is -1.98. The molecule has 4 nitrogen and oxygen atoms in total. The molecule has 0 aliphatic heterocycles. The van der Waals surface area contributed by atoms with E-state index in [0.29, 0.717) is 6.54 Å². The van der Waals surface area contributed by atoms with Crippen LogP contribution in [0.5, 0.6) is 0 Å². The van der Waals surface area contributed by atoms with Crippen molar-refractivity contribution in [2.24, 2.45) is 0 Å². The summed E-state index contributed by atoms with van der Waals surface area (Å²) in [4.78, 5) is -0.0784. The number of hydrogen-bond acceptors (Lipinski definition) is 2. The Morgan fingerprint density at radius 2 is 2.00 bits per heavy atom. The minimum absolute atomic E-state index is 0.0784. The van der Waals surface area contributed by atoms with Crippen LogP contribution >= 0.6 is 0 Å². The molecule has 0 bridgehead atoms. The highest BCUT2D eigenvalue weighted by molar-refractivity contribution is 7.85. The molecule has 1 N–H and O–H groups in total. The van der Waals surface area contributed by atoms with Gasteiger partial charge in [-0.3, -0.25) is 4.55 Å². The Kier molecular flexibility index (Phi) is 4.78. The third kappa shape index (κ3) is 3.81. The van der Waals surface area contributed by atoms with Crippen LogP contribution in [0, 0.1) is 0 Å². The second-order valence-corrected chi connectivity index (χ2v) is 6.67. The van der Waals surface area contributed by atoms with Crippen LogP contribution in [0.25, 0.3) is 0 Å². The summed E-state index contributed by atoms with van der Waals surface area (Å²) >= 11 is 0. The molecule has 0 spiro atoms. The monoisotopic (exact) mass is 318 g/mol. The molecule has 1 aliphatic rings. The van der Waals surface area contributed by atoms with Crippen LogP contribution in [0.2, 0.25) is 0 Å². The zero-order valence-corrected chi connectivity index (χ0v) is 13.6. The summed E-state index contributed by atoms with van der Waals surface area (Å²) < 4.78 is 33.7. The van der Waals surface area contributed by atoms with Gasteiger partial charge in [0.15, 0.2) is 12.3 Å². The van der Waals surface area contributed by atoms with Crippen LogP contribution < -0.4 is 0 Å². The van der Waals surface area contributed by atoms with Gasteiger partial charge in [0.2, 0.25) is 0 Å². The van der Waals surface area contributed by atoms with E-state index in [0.717, 1.165) is 29.0 Å². The van der Waals surface area contributed by atoms with Crippen molar-refractivity contribution in [1.82, 2.24) is 0 Å². The number of allylic oxidation sites excluding steroid dienone is 5. The van der Waals surface area contributed by atoms with Gasteiger partial charge in [0.05, 0.1) is 4.90 Å². The van der Waals surface area contributed by atoms with Gasteiger partial charge in [-0.2, -0.15) is 8.42 Å². The van der Waals surface area contributed by atoms with Crippen LogP contribution in [-0.4, -0.2) is 29.8 Å². The molecule has 0 unspecified atom stereocenters. The molecule has 22 heavy (non-hydrogen) atoms. The van der Waals surface area contributed by atoms with Crippen molar-refractivity contribution in [1.29, 1.82) is 0 Å². The first-order chi connectivity index (χ1) is 10.3. The Labute approximate surface area is 131 Å². The van der Waals surface area contributed by atoms with Crippen molar-refractivity contribution in [3.05, 3.63) is 65.8 Å². The Morgan fingerprint density at radius 3 is 2.59 bits per heavy atom. The van der Waals surface area contributed by atoms with Crippen LogP contribution in [0.4, 0.5) is 0 Å². The lowest BCUT2D eigenvalue weighted by Gasteiger charge is -2.10. The quantitative estimate of drug-likeness (QED) is 0.686. The highest BCUT2D eigenvalue weighted by Gasteiger charge is 2.15. The molecule has 116 valence electrons. The molecule has 1 aliphatic carbocycles. The van der Waals surface area contributed by atoms with Crippen LogP contribution in [0.1, 0.15) is 19.4 Å². The maximum Gasteiger partial charge on any atom is 0.294 e. The normalized spacial score (nSPS) is 17.4. The molecule has 0 saturated heterocycles. The molecular formula is C17H20NO3S+. The molecule has 0 aromatic heterocycles. The van der Waals surface area contributed by atoms with Crippen molar-refractivity contribution < 1.29 is 17.5 Å². The fourth-order valence-corrected chi connectivity index (χ4v) is 2.84. The van der Waals surface area contributed by atoms with Crippen LogP contribution in [-0.2, 0) is 16.7 Å². The molecule has 0 heterocycles. The minimum atomic E-state index is -4.17. The van der Waals surface area contributed by atoms with E-state index in [9.17, 15) is 8.42 Å². The molecule has 0 radical (unpaired) electrons. The zero-order valence-electron chi connectivity index (χ0n) is 12.8. The Morgan fingerprint density at radius 1 is 1.27 bits per heavy atom. The van der Waals surface area contributed by atoms with Crippen molar-refractivity contribution in [3.8, 4) is 0 Å². The molecule has 1 aromatic carbocycles. The van der Waals surface area contributed by atoms with Gasteiger partial charge in [-0.1, -0.05) is 18.7 Å². The van der Waals surface area contributed by atoms with Gasteiger partial charge in [-0.05, 0) is 43.2 Å². The van der Waals surface area contributed by atoms with E-state index in [-0.39, 0.29) is 4.90 Å². The summed E-state index contributed by atoms with van der Waals surface area (Å²) in [7, 11) is -4.17. The lowest BCUT2D eigenvalue weighted by Crippen LogP contribution is -2.20. The molecule has 0 fully saturated rings. The molecular weight excluding hydrogens is 298 g/mol. The predicted molar refractivity (Wildman–Crippen MR) is 87.8 cm³/mol. The number of hydrogen-bond donors (Lipinski definition) is 1. The maximum atomic E-state index is 11.2. The van der Waals surface area contributed by atoms with E-state index < -0.39 is 10.1 Å². The first kappa shape index (κ1) is 16.4. The summed E-state index contributed by atoms with van der Waals surface area (Å²) in [5.74, 6) is 0. The summed E-state index contributed by atoms with van der Waals surface area (Å²) in [6, 6.07) is 6.37. The Bertz CT molecular complexity index is 799. The predicted octanol–water partition coefficient (Wildman–Crippen LogP) is 2.98. The average molecular weight is 318 g/mol. The SMILES string of the molecule is C=C1C=CC(=[N+](CC)Cc2cccc(S(=O)(=O)O)c2)C=C1C. The van der Waals surface area contributed by atoms with Gasteiger partial charge in [-0.15, -0.1) is 0 Å². The van der Waals surface area contributed by atoms with E-state index in [2.05, 4.69) is 17.2 Å². The van der Waals surface area contributed by atoms with E-state index in [1.165, 1.54) is 12.1 Å². The van der Waals surface area contributed by atoms with E-state index in [1.54, 1.807) is 6.07 Å². The standard InChI is InChI=1S/C17H19NO3S/c1-4-18(16-9-8-13(2)14(3)10-16)12-15-6-5-7-17(11-15)22(19,20)21/h5-11H,2,4,12H2,1,3H3/p+1. The van der Waals surface area contributed by atoms with E-state index in [4.69, 9.17) is 4.55 Å². The lowest BCUT2D eigenvalue weighted by atomic mass is 10.0. The molecule has 0 amide bonds. The van der Waals surface area contributed by atoms with Gasteiger partial charge in [0.1, 0.15) is 6.54 Å². The smallest absolute Gasteiger partial charge is 0.282 e. The lowest BCUT2D eigenvalue weighted by molar-refractivity contribution is -0.539. The van der Waals surface area contributed by atoms with Crippen molar-refractivity contribution in [2.45, 2.75) is 25.3 Å². The zero-order chi connectivity index (χ0) is 16.3. The fraction of sp³-hybridized carbons (Fsp3) is 0.235. The van der Waals surface area contributed by atoms with Gasteiger partial charge in [0.25, 0.3) is 10.1 Å². The number of benzene rings is 1. The molecule has 1 aromatic rings. The first-order valence-electron chi connectivity index (χ1n) is 7.05. The first-order valence-corrected chi connectivity index (χ1v) is 8.49. The summed E-state index contributed by atoms with van der Waals surface area (Å²) in [5.41, 5.74) is 3.99. The summed E-state index contributed by atoms with van der Waals surface area (Å²) in [6.07, 6.45) is 6.05. The summed E-state index contributed by atoms with van der Waals surface area (Å²) in [5, 5.41) is 0. The van der Waals surface area contributed by atoms with E-state index >= 15 is 0 Å². The topological polar surface area (TPSA) is 57.4 Å². The molecule has 5 heteroatoms. The van der Waals surface area contributed by atoms with Crippen molar-refractivity contribution >= 4 is 15.8 Å². The summed E-state index contributed by atoms with van der Waals surface area (Å²) in [6.45, 7) is 9.36. The van der Waals surface area contributed by atoms with Gasteiger partial charge in [-0.25, -0.2) is 4.58 Å². The largest absolute Gasteiger partial charge is 0.294 e. The number of rotatable bonds is 4. The van der Waals surface area contributed by atoms with Gasteiger partial charge in [0, 0.05) is 17.7 Å². The second kappa shape index (κ2) is 6.42. The third-order valence-electron chi connectivity index (χ3n) is 3.64. The average Bonchev–Trinajstić information content (AvgIpc) is 2.47. The highest BCUT2D eigenvalue weighted by Crippen LogP contribution is 2.16. The molecule has 0 atom stereocenters. The third-order valence-corrected chi connectivity index (χ3v) is 4.49. The van der Waals surface area contributed by atoms with Crippen LogP contribution in [0.3, 0.4) is 0 Å².